The van der Waals surface area contributed by atoms with E-state index in [1.165, 1.54) is 0 Å². The van der Waals surface area contributed by atoms with Crippen molar-refractivity contribution in [3.8, 4) is 0 Å². The lowest BCUT2D eigenvalue weighted by molar-refractivity contribution is 0.0950. The average molecular weight is 336 g/mol. The van der Waals surface area contributed by atoms with Gasteiger partial charge in [0.1, 0.15) is 0 Å². The van der Waals surface area contributed by atoms with Crippen LogP contribution in [0.25, 0.3) is 0 Å². The number of rotatable bonds is 4. The second-order valence-electron chi connectivity index (χ2n) is 4.79. The molecule has 0 aliphatic rings. The van der Waals surface area contributed by atoms with Crippen LogP contribution in [0, 0.1) is 6.92 Å². The lowest BCUT2D eigenvalue weighted by atomic mass is 10.1. The zero-order valence-electron chi connectivity index (χ0n) is 11.9. The van der Waals surface area contributed by atoms with Crippen molar-refractivity contribution in [1.29, 1.82) is 0 Å². The Morgan fingerprint density at radius 1 is 1.45 bits per heavy atom. The Morgan fingerprint density at radius 2 is 2.20 bits per heavy atom. The summed E-state index contributed by atoms with van der Waals surface area (Å²) in [4.78, 5) is 12.2. The highest BCUT2D eigenvalue weighted by Gasteiger charge is 2.11. The van der Waals surface area contributed by atoms with E-state index in [-0.39, 0.29) is 5.91 Å². The molecule has 5 heteroatoms. The molecule has 1 aromatic carbocycles. The summed E-state index contributed by atoms with van der Waals surface area (Å²) in [6.45, 7) is 4.55. The maximum Gasteiger partial charge on any atom is 0.252 e. The first-order chi connectivity index (χ1) is 9.51. The molecular weight excluding hydrogens is 318 g/mol. The van der Waals surface area contributed by atoms with E-state index < -0.39 is 0 Å². The number of amides is 1. The van der Waals surface area contributed by atoms with Gasteiger partial charge in [0.05, 0.1) is 11.3 Å². The minimum Gasteiger partial charge on any atom is -0.348 e. The molecule has 0 aliphatic heterocycles. The van der Waals surface area contributed by atoms with Crippen LogP contribution in [0.5, 0.6) is 0 Å². The predicted molar refractivity (Wildman–Crippen MR) is 82.6 cm³/mol. The summed E-state index contributed by atoms with van der Waals surface area (Å²) < 4.78 is 2.60. The van der Waals surface area contributed by atoms with Crippen molar-refractivity contribution in [3.05, 3.63) is 51.3 Å². The van der Waals surface area contributed by atoms with Gasteiger partial charge in [-0.25, -0.2) is 0 Å². The Balaban J connectivity index is 2.08. The van der Waals surface area contributed by atoms with E-state index in [0.29, 0.717) is 12.1 Å². The molecule has 1 aromatic heterocycles. The minimum atomic E-state index is -0.0808. The lowest BCUT2D eigenvalue weighted by Crippen LogP contribution is -2.23. The highest BCUT2D eigenvalue weighted by Crippen LogP contribution is 2.18. The second-order valence-corrected chi connectivity index (χ2v) is 5.65. The Morgan fingerprint density at radius 3 is 2.85 bits per heavy atom. The van der Waals surface area contributed by atoms with E-state index in [1.54, 1.807) is 4.68 Å². The number of halogens is 1. The van der Waals surface area contributed by atoms with E-state index in [0.717, 1.165) is 27.7 Å². The van der Waals surface area contributed by atoms with Crippen LogP contribution in [0.4, 0.5) is 0 Å². The molecule has 0 aliphatic carbocycles. The quantitative estimate of drug-likeness (QED) is 0.933. The van der Waals surface area contributed by atoms with Gasteiger partial charge >= 0.3 is 0 Å². The number of carbonyl (C=O) groups is 1. The number of benzene rings is 1. The summed E-state index contributed by atoms with van der Waals surface area (Å²) in [5.41, 5.74) is 3.86. The van der Waals surface area contributed by atoms with Crippen LogP contribution in [0.15, 0.2) is 28.9 Å². The van der Waals surface area contributed by atoms with Crippen LogP contribution in [-0.4, -0.2) is 15.7 Å². The van der Waals surface area contributed by atoms with E-state index in [1.807, 2.05) is 38.4 Å². The number of hydrogen-bond acceptors (Lipinski definition) is 2. The topological polar surface area (TPSA) is 46.9 Å². The minimum absolute atomic E-state index is 0.0808. The van der Waals surface area contributed by atoms with E-state index in [9.17, 15) is 4.79 Å². The Labute approximate surface area is 127 Å². The van der Waals surface area contributed by atoms with Gasteiger partial charge in [0.25, 0.3) is 5.91 Å². The van der Waals surface area contributed by atoms with Gasteiger partial charge in [0, 0.05) is 29.8 Å². The number of nitrogens with zero attached hydrogens (tertiary/aromatic N) is 2. The number of nitrogens with one attached hydrogen (secondary N) is 1. The molecule has 0 saturated heterocycles. The van der Waals surface area contributed by atoms with Crippen molar-refractivity contribution in [3.63, 3.8) is 0 Å². The van der Waals surface area contributed by atoms with Crippen LogP contribution in [0.1, 0.15) is 34.1 Å². The molecule has 106 valence electrons. The highest BCUT2D eigenvalue weighted by atomic mass is 79.9. The SMILES string of the molecule is CCc1nn(C)cc1CNC(=O)c1ccc(C)cc1Br. The average Bonchev–Trinajstić information content (AvgIpc) is 2.76. The molecule has 0 spiro atoms. The lowest BCUT2D eigenvalue weighted by Gasteiger charge is -2.07. The smallest absolute Gasteiger partial charge is 0.252 e. The first-order valence-corrected chi connectivity index (χ1v) is 7.36. The maximum atomic E-state index is 12.2. The second kappa shape index (κ2) is 6.22. The van der Waals surface area contributed by atoms with E-state index >= 15 is 0 Å². The van der Waals surface area contributed by atoms with Crippen molar-refractivity contribution >= 4 is 21.8 Å². The molecule has 1 N–H and O–H groups in total. The summed E-state index contributed by atoms with van der Waals surface area (Å²) in [6.07, 6.45) is 2.81. The van der Waals surface area contributed by atoms with E-state index in [2.05, 4.69) is 33.3 Å². The molecule has 1 amide bonds. The summed E-state index contributed by atoms with van der Waals surface area (Å²) in [5.74, 6) is -0.0808. The summed E-state index contributed by atoms with van der Waals surface area (Å²) in [6, 6.07) is 5.70. The van der Waals surface area contributed by atoms with Crippen molar-refractivity contribution < 1.29 is 4.79 Å². The first kappa shape index (κ1) is 14.8. The van der Waals surface area contributed by atoms with Gasteiger partial charge in [-0.15, -0.1) is 0 Å². The molecule has 1 heterocycles. The molecule has 0 fully saturated rings. The van der Waals surface area contributed by atoms with Gasteiger partial charge in [-0.05, 0) is 47.0 Å². The van der Waals surface area contributed by atoms with Gasteiger partial charge in [0.2, 0.25) is 0 Å². The normalized spacial score (nSPS) is 10.6. The third-order valence-corrected chi connectivity index (χ3v) is 3.79. The zero-order valence-corrected chi connectivity index (χ0v) is 13.5. The molecule has 2 rings (SSSR count). The van der Waals surface area contributed by atoms with Gasteiger partial charge in [-0.3, -0.25) is 9.48 Å². The van der Waals surface area contributed by atoms with Crippen molar-refractivity contribution in [1.82, 2.24) is 15.1 Å². The largest absolute Gasteiger partial charge is 0.348 e. The molecule has 0 bridgehead atoms. The molecule has 0 radical (unpaired) electrons. The number of aryl methyl sites for hydroxylation is 3. The summed E-state index contributed by atoms with van der Waals surface area (Å²) in [5, 5.41) is 7.31. The number of hydrogen-bond donors (Lipinski definition) is 1. The van der Waals surface area contributed by atoms with Crippen LogP contribution in [0.2, 0.25) is 0 Å². The third-order valence-electron chi connectivity index (χ3n) is 3.14. The summed E-state index contributed by atoms with van der Waals surface area (Å²) >= 11 is 3.43. The Hall–Kier alpha value is -1.62. The molecule has 0 atom stereocenters. The number of aromatic nitrogens is 2. The molecular formula is C15H18BrN3O. The molecule has 4 nitrogen and oxygen atoms in total. The predicted octanol–water partition coefficient (Wildman–Crippen LogP) is 2.98. The van der Waals surface area contributed by atoms with Gasteiger partial charge in [-0.1, -0.05) is 13.0 Å². The molecule has 2 aromatic rings. The highest BCUT2D eigenvalue weighted by molar-refractivity contribution is 9.10. The van der Waals surface area contributed by atoms with E-state index in [4.69, 9.17) is 0 Å². The first-order valence-electron chi connectivity index (χ1n) is 6.57. The zero-order chi connectivity index (χ0) is 14.7. The molecule has 20 heavy (non-hydrogen) atoms. The van der Waals surface area contributed by atoms with Crippen molar-refractivity contribution in [2.24, 2.45) is 7.05 Å². The van der Waals surface area contributed by atoms with Gasteiger partial charge in [0.15, 0.2) is 0 Å². The Kier molecular flexibility index (Phi) is 4.60. The number of carbonyl (C=O) groups excluding carboxylic acids is 1. The van der Waals surface area contributed by atoms with Crippen molar-refractivity contribution in [2.75, 3.05) is 0 Å². The Bertz CT molecular complexity index is 634. The van der Waals surface area contributed by atoms with Gasteiger partial charge in [-0.2, -0.15) is 5.10 Å². The monoisotopic (exact) mass is 335 g/mol. The van der Waals surface area contributed by atoms with Gasteiger partial charge < -0.3 is 5.32 Å². The van der Waals surface area contributed by atoms with Crippen LogP contribution >= 0.6 is 15.9 Å². The van der Waals surface area contributed by atoms with Crippen LogP contribution in [0.3, 0.4) is 0 Å². The maximum absolute atomic E-state index is 12.2. The summed E-state index contributed by atoms with van der Waals surface area (Å²) in [7, 11) is 1.89. The fraction of sp³-hybridized carbons (Fsp3) is 0.333. The fourth-order valence-electron chi connectivity index (χ4n) is 2.10. The van der Waals surface area contributed by atoms with Crippen molar-refractivity contribution in [2.45, 2.75) is 26.8 Å². The molecule has 0 saturated carbocycles. The molecule has 0 unspecified atom stereocenters. The standard InChI is InChI=1S/C15H18BrN3O/c1-4-14-11(9-19(3)18-14)8-17-15(20)12-6-5-10(2)7-13(12)16/h5-7,9H,4,8H2,1-3H3,(H,17,20). The van der Waals surface area contributed by atoms with Crippen LogP contribution < -0.4 is 5.32 Å². The fourth-order valence-corrected chi connectivity index (χ4v) is 2.78. The van der Waals surface area contributed by atoms with Crippen LogP contribution in [-0.2, 0) is 20.0 Å². The third kappa shape index (κ3) is 3.28.